The van der Waals surface area contributed by atoms with Crippen LogP contribution < -0.4 is 5.32 Å². The standard InChI is InChI=1S/C17H23N3O5S/c1-13(21)14-3-5-15(6-4-14)18-16(22)7-8-17(23)19-9-11-20(12-10-19)26(2,24)25/h3-6H,7-12H2,1-2H3,(H,18,22). The first-order valence-corrected chi connectivity index (χ1v) is 10.2. The Morgan fingerprint density at radius 1 is 1.00 bits per heavy atom. The summed E-state index contributed by atoms with van der Waals surface area (Å²) < 4.78 is 24.3. The monoisotopic (exact) mass is 381 g/mol. The van der Waals surface area contributed by atoms with E-state index in [4.69, 9.17) is 0 Å². The minimum absolute atomic E-state index is 0.0413. The fourth-order valence-electron chi connectivity index (χ4n) is 2.66. The van der Waals surface area contributed by atoms with Crippen LogP contribution in [0, 0.1) is 0 Å². The highest BCUT2D eigenvalue weighted by Crippen LogP contribution is 2.12. The summed E-state index contributed by atoms with van der Waals surface area (Å²) in [5.74, 6) is -0.506. The molecule has 1 saturated heterocycles. The van der Waals surface area contributed by atoms with Gasteiger partial charge in [0.2, 0.25) is 21.8 Å². The molecule has 0 bridgehead atoms. The van der Waals surface area contributed by atoms with Crippen molar-refractivity contribution in [2.45, 2.75) is 19.8 Å². The smallest absolute Gasteiger partial charge is 0.224 e. The molecular formula is C17H23N3O5S. The van der Waals surface area contributed by atoms with Crippen molar-refractivity contribution in [2.75, 3.05) is 37.8 Å². The Labute approximate surface area is 153 Å². The molecule has 1 aromatic carbocycles. The third-order valence-corrected chi connectivity index (χ3v) is 5.50. The quantitative estimate of drug-likeness (QED) is 0.731. The summed E-state index contributed by atoms with van der Waals surface area (Å²) in [6, 6.07) is 6.54. The molecule has 0 unspecified atom stereocenters. The van der Waals surface area contributed by atoms with Gasteiger partial charge in [-0.25, -0.2) is 8.42 Å². The second-order valence-corrected chi connectivity index (χ2v) is 8.21. The van der Waals surface area contributed by atoms with E-state index in [1.807, 2.05) is 0 Å². The lowest BCUT2D eigenvalue weighted by Crippen LogP contribution is -2.50. The number of Topliss-reactive ketones (excluding diaryl/α,β-unsaturated/α-hetero) is 1. The van der Waals surface area contributed by atoms with Crippen LogP contribution in [0.1, 0.15) is 30.1 Å². The molecule has 0 radical (unpaired) electrons. The zero-order chi connectivity index (χ0) is 19.3. The van der Waals surface area contributed by atoms with Crippen LogP contribution >= 0.6 is 0 Å². The molecule has 26 heavy (non-hydrogen) atoms. The Bertz CT molecular complexity index is 781. The van der Waals surface area contributed by atoms with Crippen LogP contribution in [0.25, 0.3) is 0 Å². The van der Waals surface area contributed by atoms with Gasteiger partial charge in [-0.05, 0) is 31.2 Å². The molecule has 0 atom stereocenters. The van der Waals surface area contributed by atoms with Gasteiger partial charge in [0, 0.05) is 50.3 Å². The topological polar surface area (TPSA) is 104 Å². The van der Waals surface area contributed by atoms with Gasteiger partial charge < -0.3 is 10.2 Å². The lowest BCUT2D eigenvalue weighted by molar-refractivity contribution is -0.133. The lowest BCUT2D eigenvalue weighted by Gasteiger charge is -2.33. The van der Waals surface area contributed by atoms with E-state index >= 15 is 0 Å². The molecule has 1 N–H and O–H groups in total. The molecule has 0 aromatic heterocycles. The number of anilines is 1. The average molecular weight is 381 g/mol. The van der Waals surface area contributed by atoms with Crippen molar-refractivity contribution in [1.29, 1.82) is 0 Å². The maximum absolute atomic E-state index is 12.2. The minimum atomic E-state index is -3.23. The Hall–Kier alpha value is -2.26. The molecule has 0 aliphatic carbocycles. The number of ketones is 1. The molecule has 8 nitrogen and oxygen atoms in total. The number of hydrogen-bond acceptors (Lipinski definition) is 5. The number of nitrogens with one attached hydrogen (secondary N) is 1. The van der Waals surface area contributed by atoms with Crippen LogP contribution in [0.2, 0.25) is 0 Å². The molecule has 1 aromatic rings. The number of carbonyl (C=O) groups is 3. The molecule has 0 saturated carbocycles. The fraction of sp³-hybridized carbons (Fsp3) is 0.471. The van der Waals surface area contributed by atoms with Crippen LogP contribution in [-0.2, 0) is 19.6 Å². The first-order valence-electron chi connectivity index (χ1n) is 8.30. The maximum atomic E-state index is 12.2. The molecular weight excluding hydrogens is 358 g/mol. The van der Waals surface area contributed by atoms with Crippen LogP contribution in [0.15, 0.2) is 24.3 Å². The molecule has 9 heteroatoms. The zero-order valence-corrected chi connectivity index (χ0v) is 15.7. The summed E-state index contributed by atoms with van der Waals surface area (Å²) in [5.41, 5.74) is 1.13. The normalized spacial score (nSPS) is 15.5. The third-order valence-electron chi connectivity index (χ3n) is 4.20. The van der Waals surface area contributed by atoms with Gasteiger partial charge in [-0.15, -0.1) is 0 Å². The van der Waals surface area contributed by atoms with E-state index < -0.39 is 10.0 Å². The summed E-state index contributed by atoms with van der Waals surface area (Å²) in [6.07, 6.45) is 1.26. The van der Waals surface area contributed by atoms with Crippen molar-refractivity contribution in [1.82, 2.24) is 9.21 Å². The predicted octanol–water partition coefficient (Wildman–Crippen LogP) is 0.712. The van der Waals surface area contributed by atoms with Gasteiger partial charge in [0.05, 0.1) is 6.26 Å². The van der Waals surface area contributed by atoms with Gasteiger partial charge >= 0.3 is 0 Å². The predicted molar refractivity (Wildman–Crippen MR) is 97.3 cm³/mol. The van der Waals surface area contributed by atoms with Crippen molar-refractivity contribution in [3.63, 3.8) is 0 Å². The Balaban J connectivity index is 1.77. The number of amides is 2. The van der Waals surface area contributed by atoms with Crippen LogP contribution in [-0.4, -0.2) is 67.7 Å². The number of rotatable bonds is 6. The molecule has 0 spiro atoms. The number of carbonyl (C=O) groups excluding carboxylic acids is 3. The lowest BCUT2D eigenvalue weighted by atomic mass is 10.1. The van der Waals surface area contributed by atoms with Crippen molar-refractivity contribution in [3.8, 4) is 0 Å². The first kappa shape index (κ1) is 20.1. The van der Waals surface area contributed by atoms with Gasteiger partial charge in [0.1, 0.15) is 0 Å². The van der Waals surface area contributed by atoms with E-state index in [1.54, 1.807) is 29.2 Å². The maximum Gasteiger partial charge on any atom is 0.224 e. The summed E-state index contributed by atoms with van der Waals surface area (Å²) in [4.78, 5) is 36.9. The SMILES string of the molecule is CC(=O)c1ccc(NC(=O)CCC(=O)N2CCN(S(C)(=O)=O)CC2)cc1. The van der Waals surface area contributed by atoms with Gasteiger partial charge in [-0.1, -0.05) is 0 Å². The number of benzene rings is 1. The molecule has 1 aliphatic rings. The van der Waals surface area contributed by atoms with E-state index in [-0.39, 0.29) is 43.5 Å². The summed E-state index contributed by atoms with van der Waals surface area (Å²) in [7, 11) is -3.23. The van der Waals surface area contributed by atoms with Crippen LogP contribution in [0.5, 0.6) is 0 Å². The number of piperazine rings is 1. The Morgan fingerprint density at radius 3 is 2.08 bits per heavy atom. The largest absolute Gasteiger partial charge is 0.340 e. The third kappa shape index (κ3) is 5.63. The van der Waals surface area contributed by atoms with Crippen molar-refractivity contribution in [2.24, 2.45) is 0 Å². The van der Waals surface area contributed by atoms with E-state index in [1.165, 1.54) is 11.2 Å². The van der Waals surface area contributed by atoms with E-state index in [2.05, 4.69) is 5.32 Å². The average Bonchev–Trinajstić information content (AvgIpc) is 2.59. The second kappa shape index (κ2) is 8.41. The number of sulfonamides is 1. The number of nitrogens with zero attached hydrogens (tertiary/aromatic N) is 2. The minimum Gasteiger partial charge on any atom is -0.340 e. The number of hydrogen-bond donors (Lipinski definition) is 1. The Kier molecular flexibility index (Phi) is 6.49. The van der Waals surface area contributed by atoms with Crippen molar-refractivity contribution in [3.05, 3.63) is 29.8 Å². The highest BCUT2D eigenvalue weighted by molar-refractivity contribution is 7.88. The zero-order valence-electron chi connectivity index (χ0n) is 14.9. The molecule has 1 heterocycles. The summed E-state index contributed by atoms with van der Waals surface area (Å²) >= 11 is 0. The van der Waals surface area contributed by atoms with Gasteiger partial charge in [0.25, 0.3) is 0 Å². The first-order chi connectivity index (χ1) is 12.2. The highest BCUT2D eigenvalue weighted by atomic mass is 32.2. The molecule has 142 valence electrons. The van der Waals surface area contributed by atoms with E-state index in [0.717, 1.165) is 6.26 Å². The van der Waals surface area contributed by atoms with Gasteiger partial charge in [-0.2, -0.15) is 4.31 Å². The van der Waals surface area contributed by atoms with Crippen molar-refractivity contribution < 1.29 is 22.8 Å². The molecule has 2 amide bonds. The second-order valence-electron chi connectivity index (χ2n) is 6.22. The fourth-order valence-corrected chi connectivity index (χ4v) is 3.49. The molecule has 1 aliphatic heterocycles. The van der Waals surface area contributed by atoms with Gasteiger partial charge in [0.15, 0.2) is 5.78 Å². The highest BCUT2D eigenvalue weighted by Gasteiger charge is 2.26. The van der Waals surface area contributed by atoms with Crippen molar-refractivity contribution >= 4 is 33.3 Å². The summed E-state index contributed by atoms with van der Waals surface area (Å²) in [5, 5.41) is 2.68. The van der Waals surface area contributed by atoms with Gasteiger partial charge in [-0.3, -0.25) is 14.4 Å². The summed E-state index contributed by atoms with van der Waals surface area (Å²) in [6.45, 7) is 2.69. The molecule has 2 rings (SSSR count). The Morgan fingerprint density at radius 2 is 1.58 bits per heavy atom. The van der Waals surface area contributed by atoms with E-state index in [0.29, 0.717) is 24.3 Å². The van der Waals surface area contributed by atoms with E-state index in [9.17, 15) is 22.8 Å². The van der Waals surface area contributed by atoms with Crippen LogP contribution in [0.3, 0.4) is 0 Å². The van der Waals surface area contributed by atoms with Crippen LogP contribution in [0.4, 0.5) is 5.69 Å². The molecule has 1 fully saturated rings.